The smallest absolute Gasteiger partial charge is 0.191 e. The Morgan fingerprint density at radius 1 is 1.61 bits per heavy atom. The third-order valence-corrected chi connectivity index (χ3v) is 3.00. The van der Waals surface area contributed by atoms with Gasteiger partial charge in [-0.25, -0.2) is 4.99 Å². The van der Waals surface area contributed by atoms with Gasteiger partial charge in [-0.05, 0) is 40.6 Å². The van der Waals surface area contributed by atoms with Crippen molar-refractivity contribution < 1.29 is 9.15 Å². The van der Waals surface area contributed by atoms with E-state index in [9.17, 15) is 0 Å². The molecule has 18 heavy (non-hydrogen) atoms. The van der Waals surface area contributed by atoms with Crippen LogP contribution < -0.4 is 0 Å². The van der Waals surface area contributed by atoms with E-state index in [4.69, 9.17) is 9.15 Å². The van der Waals surface area contributed by atoms with Crippen LogP contribution >= 0.6 is 15.9 Å². The van der Waals surface area contributed by atoms with Gasteiger partial charge >= 0.3 is 0 Å². The lowest BCUT2D eigenvalue weighted by atomic mass is 10.1. The highest BCUT2D eigenvalue weighted by atomic mass is 79.9. The maximum Gasteiger partial charge on any atom is 0.191 e. The first-order valence-corrected chi connectivity index (χ1v) is 6.62. The largest absolute Gasteiger partial charge is 0.484 e. The van der Waals surface area contributed by atoms with E-state index in [0.29, 0.717) is 22.0 Å². The fourth-order valence-electron chi connectivity index (χ4n) is 1.39. The van der Waals surface area contributed by atoms with Crippen molar-refractivity contribution in [3.63, 3.8) is 0 Å². The van der Waals surface area contributed by atoms with E-state index < -0.39 is 0 Å². The average molecular weight is 312 g/mol. The van der Waals surface area contributed by atoms with Crippen molar-refractivity contribution in [2.45, 2.75) is 20.3 Å². The number of rotatable bonds is 5. The Bertz CT molecular complexity index is 460. The Morgan fingerprint density at radius 3 is 2.78 bits per heavy atom. The minimum Gasteiger partial charge on any atom is -0.484 e. The van der Waals surface area contributed by atoms with Crippen LogP contribution in [0, 0.1) is 5.92 Å². The predicted molar refractivity (Wildman–Crippen MR) is 78.5 cm³/mol. The van der Waals surface area contributed by atoms with Gasteiger partial charge < -0.3 is 9.15 Å². The molecule has 0 spiro atoms. The Morgan fingerprint density at radius 2 is 2.33 bits per heavy atom. The summed E-state index contributed by atoms with van der Waals surface area (Å²) in [6.07, 6.45) is 4.45. The first-order valence-electron chi connectivity index (χ1n) is 5.83. The molecule has 1 aromatic rings. The average Bonchev–Trinajstić information content (AvgIpc) is 2.80. The van der Waals surface area contributed by atoms with Crippen LogP contribution in [-0.2, 0) is 4.74 Å². The van der Waals surface area contributed by atoms with E-state index >= 15 is 0 Å². The summed E-state index contributed by atoms with van der Waals surface area (Å²) in [5.74, 6) is 1.64. The fraction of sp³-hybridized carbons (Fsp3) is 0.357. The van der Waals surface area contributed by atoms with Crippen LogP contribution in [0.2, 0.25) is 0 Å². The van der Waals surface area contributed by atoms with E-state index in [1.165, 1.54) is 0 Å². The first-order chi connectivity index (χ1) is 8.62. The van der Waals surface area contributed by atoms with Crippen LogP contribution in [0.4, 0.5) is 0 Å². The summed E-state index contributed by atoms with van der Waals surface area (Å²) in [5, 5.41) is 0. The topological polar surface area (TPSA) is 34.7 Å². The number of hydrogen-bond donors (Lipinski definition) is 0. The molecule has 1 atom stereocenters. The van der Waals surface area contributed by atoms with Crippen molar-refractivity contribution >= 4 is 27.5 Å². The van der Waals surface area contributed by atoms with Crippen molar-refractivity contribution in [2.75, 3.05) is 7.11 Å². The third kappa shape index (κ3) is 3.88. The molecule has 1 rings (SSSR count). The monoisotopic (exact) mass is 311 g/mol. The van der Waals surface area contributed by atoms with Crippen LogP contribution in [0.15, 0.2) is 44.9 Å². The number of methoxy groups -OCH3 is 1. The van der Waals surface area contributed by atoms with Gasteiger partial charge in [0.05, 0.1) is 7.11 Å². The molecule has 0 saturated heterocycles. The molecule has 0 unspecified atom stereocenters. The number of aliphatic imine (C=N–C) groups is 1. The lowest BCUT2D eigenvalue weighted by Gasteiger charge is -2.11. The van der Waals surface area contributed by atoms with Gasteiger partial charge in [-0.2, -0.15) is 0 Å². The molecule has 0 aliphatic rings. The second-order valence-electron chi connectivity index (χ2n) is 3.85. The van der Waals surface area contributed by atoms with Crippen molar-refractivity contribution in [3.05, 3.63) is 41.3 Å². The number of allylic oxidation sites excluding steroid dienone is 2. The summed E-state index contributed by atoms with van der Waals surface area (Å²) in [7, 11) is 1.63. The fourth-order valence-corrected chi connectivity index (χ4v) is 1.69. The first kappa shape index (κ1) is 14.8. The molecule has 0 radical (unpaired) electrons. The van der Waals surface area contributed by atoms with Gasteiger partial charge in [-0.3, -0.25) is 0 Å². The third-order valence-electron chi connectivity index (χ3n) is 2.58. The molecule has 4 heteroatoms. The summed E-state index contributed by atoms with van der Waals surface area (Å²) >= 11 is 3.28. The minimum atomic E-state index is 0.265. The molecule has 0 N–H and O–H groups in total. The maximum atomic E-state index is 5.49. The van der Waals surface area contributed by atoms with Crippen LogP contribution in [0.3, 0.4) is 0 Å². The van der Waals surface area contributed by atoms with E-state index in [0.717, 1.165) is 6.42 Å². The highest BCUT2D eigenvalue weighted by molar-refractivity contribution is 9.10. The molecular formula is C14H18BrNO2. The molecule has 0 fully saturated rings. The Hall–Kier alpha value is -1.29. The van der Waals surface area contributed by atoms with Crippen molar-refractivity contribution in [1.82, 2.24) is 0 Å². The van der Waals surface area contributed by atoms with Crippen LogP contribution in [0.1, 0.15) is 26.0 Å². The van der Waals surface area contributed by atoms with Gasteiger partial charge in [0.15, 0.2) is 16.3 Å². The van der Waals surface area contributed by atoms with E-state index in [1.54, 1.807) is 19.3 Å². The molecule has 3 nitrogen and oxygen atoms in total. The van der Waals surface area contributed by atoms with Gasteiger partial charge in [-0.15, -0.1) is 0 Å². The lowest BCUT2D eigenvalue weighted by Crippen LogP contribution is -2.12. The molecule has 0 amide bonds. The van der Waals surface area contributed by atoms with Crippen LogP contribution in [0.25, 0.3) is 5.70 Å². The molecule has 0 aliphatic heterocycles. The number of furan rings is 1. The predicted octanol–water partition coefficient (Wildman–Crippen LogP) is 4.66. The normalized spacial score (nSPS) is 14.4. The minimum absolute atomic E-state index is 0.265. The molecule has 1 heterocycles. The number of hydrogen-bond acceptors (Lipinski definition) is 3. The molecule has 0 saturated carbocycles. The molecule has 98 valence electrons. The van der Waals surface area contributed by atoms with Crippen molar-refractivity contribution in [3.8, 4) is 0 Å². The lowest BCUT2D eigenvalue weighted by molar-refractivity contribution is 0.368. The second-order valence-corrected chi connectivity index (χ2v) is 4.64. The van der Waals surface area contributed by atoms with Gasteiger partial charge in [0.25, 0.3) is 0 Å². The van der Waals surface area contributed by atoms with Gasteiger partial charge in [0, 0.05) is 5.92 Å². The molecule has 0 bridgehead atoms. The number of halogens is 1. The summed E-state index contributed by atoms with van der Waals surface area (Å²) in [6, 6.07) is 3.68. The van der Waals surface area contributed by atoms with Gasteiger partial charge in [-0.1, -0.05) is 26.5 Å². The Balaban J connectivity index is 3.10. The zero-order valence-corrected chi connectivity index (χ0v) is 12.5. The molecule has 1 aromatic heterocycles. The standard InChI is InChI=1S/C14H18BrNO2/c1-5-7-11(12-8-9-13(15)18-12)16-14(17-4)10(3)6-2/h5,7-10H,1,6H2,2-4H3/b11-7-,16-14?/t10-/m1/s1. The zero-order chi connectivity index (χ0) is 13.5. The summed E-state index contributed by atoms with van der Waals surface area (Å²) in [4.78, 5) is 4.51. The quantitative estimate of drug-likeness (QED) is 0.450. The molecule has 0 aromatic carbocycles. The van der Waals surface area contributed by atoms with Crippen molar-refractivity contribution in [1.29, 1.82) is 0 Å². The second kappa shape index (κ2) is 7.21. The summed E-state index contributed by atoms with van der Waals surface area (Å²) in [6.45, 7) is 7.86. The van der Waals surface area contributed by atoms with E-state index in [-0.39, 0.29) is 5.92 Å². The molecular weight excluding hydrogens is 294 g/mol. The summed E-state index contributed by atoms with van der Waals surface area (Å²) in [5.41, 5.74) is 0.702. The SMILES string of the molecule is C=C/C=C(\N=C(OC)[C@H](C)CC)c1ccc(Br)o1. The highest BCUT2D eigenvalue weighted by Crippen LogP contribution is 2.23. The Kier molecular flexibility index (Phi) is 5.92. The van der Waals surface area contributed by atoms with Crippen LogP contribution in [-0.4, -0.2) is 13.0 Å². The summed E-state index contributed by atoms with van der Waals surface area (Å²) < 4.78 is 11.5. The molecule has 0 aliphatic carbocycles. The number of nitrogens with zero attached hydrogens (tertiary/aromatic N) is 1. The zero-order valence-electron chi connectivity index (χ0n) is 10.9. The van der Waals surface area contributed by atoms with Crippen LogP contribution in [0.5, 0.6) is 0 Å². The van der Waals surface area contributed by atoms with E-state index in [1.807, 2.05) is 12.1 Å². The van der Waals surface area contributed by atoms with E-state index in [2.05, 4.69) is 41.3 Å². The highest BCUT2D eigenvalue weighted by Gasteiger charge is 2.12. The Labute approximate surface area is 116 Å². The van der Waals surface area contributed by atoms with Gasteiger partial charge in [0.1, 0.15) is 5.70 Å². The number of ether oxygens (including phenoxy) is 1. The van der Waals surface area contributed by atoms with Crippen molar-refractivity contribution in [2.24, 2.45) is 10.9 Å². The van der Waals surface area contributed by atoms with Gasteiger partial charge in [0.2, 0.25) is 0 Å². The maximum absolute atomic E-state index is 5.49.